The predicted octanol–water partition coefficient (Wildman–Crippen LogP) is -0.371. The first-order chi connectivity index (χ1) is 9.16. The molecule has 2 aromatic heterocycles. The van der Waals surface area contributed by atoms with Gasteiger partial charge in [-0.15, -0.1) is 10.2 Å². The largest absolute Gasteiger partial charge is 0.346 e. The number of H-pyrrole nitrogens is 1. The molecule has 0 radical (unpaired) electrons. The summed E-state index contributed by atoms with van der Waals surface area (Å²) < 4.78 is 1.48. The van der Waals surface area contributed by atoms with Crippen LogP contribution in [0.25, 0.3) is 0 Å². The Morgan fingerprint density at radius 1 is 1.53 bits per heavy atom. The summed E-state index contributed by atoms with van der Waals surface area (Å²) in [5.74, 6) is 0.248. The van der Waals surface area contributed by atoms with Crippen molar-refractivity contribution >= 4 is 5.91 Å². The summed E-state index contributed by atoms with van der Waals surface area (Å²) in [6.07, 6.45) is 1.87. The van der Waals surface area contributed by atoms with Crippen LogP contribution in [0.4, 0.5) is 0 Å². The van der Waals surface area contributed by atoms with Crippen molar-refractivity contribution in [2.45, 2.75) is 25.9 Å². The number of aromatic nitrogens is 5. The van der Waals surface area contributed by atoms with Crippen LogP contribution < -0.4 is 10.9 Å². The Kier molecular flexibility index (Phi) is 4.01. The van der Waals surface area contributed by atoms with Crippen molar-refractivity contribution in [3.63, 3.8) is 0 Å². The van der Waals surface area contributed by atoms with Crippen LogP contribution >= 0.6 is 0 Å². The average molecular weight is 262 g/mol. The molecule has 2 N–H and O–H groups in total. The van der Waals surface area contributed by atoms with Gasteiger partial charge < -0.3 is 9.88 Å². The number of nitrogens with one attached hydrogen (secondary N) is 2. The molecule has 0 aliphatic heterocycles. The molecule has 2 rings (SSSR count). The second kappa shape index (κ2) is 5.89. The molecule has 1 atom stereocenters. The number of carbonyl (C=O) groups excluding carboxylic acids is 1. The monoisotopic (exact) mass is 262 g/mol. The minimum Gasteiger partial charge on any atom is -0.346 e. The van der Waals surface area contributed by atoms with Gasteiger partial charge in [0.05, 0.1) is 6.04 Å². The van der Waals surface area contributed by atoms with Gasteiger partial charge in [0.25, 0.3) is 5.56 Å². The van der Waals surface area contributed by atoms with Gasteiger partial charge in [-0.05, 0) is 13.0 Å². The number of nitrogens with zero attached hydrogens (tertiary/aromatic N) is 4. The topological polar surface area (TPSA) is 106 Å². The van der Waals surface area contributed by atoms with E-state index in [4.69, 9.17) is 0 Å². The molecule has 19 heavy (non-hydrogen) atoms. The number of rotatable bonds is 5. The van der Waals surface area contributed by atoms with E-state index in [2.05, 4.69) is 25.9 Å². The number of hydrogen-bond acceptors (Lipinski definition) is 5. The molecule has 1 unspecified atom stereocenters. The number of aromatic amines is 1. The SMILES string of the molecule is CC(NC(=O)CCn1ccccc1=O)c1nn[nH]n1. The lowest BCUT2D eigenvalue weighted by Crippen LogP contribution is -2.29. The van der Waals surface area contributed by atoms with Crippen molar-refractivity contribution in [2.24, 2.45) is 0 Å². The van der Waals surface area contributed by atoms with Crippen LogP contribution in [-0.2, 0) is 11.3 Å². The zero-order chi connectivity index (χ0) is 13.7. The van der Waals surface area contributed by atoms with Gasteiger partial charge >= 0.3 is 0 Å². The molecular formula is C11H14N6O2. The zero-order valence-electron chi connectivity index (χ0n) is 10.4. The standard InChI is InChI=1S/C11H14N6O2/c1-8(11-13-15-16-14-11)12-9(18)5-7-17-6-3-2-4-10(17)19/h2-4,6,8H,5,7H2,1H3,(H,12,18)(H,13,14,15,16). The highest BCUT2D eigenvalue weighted by molar-refractivity contribution is 5.76. The van der Waals surface area contributed by atoms with E-state index >= 15 is 0 Å². The summed E-state index contributed by atoms with van der Waals surface area (Å²) in [6, 6.07) is 4.55. The van der Waals surface area contributed by atoms with E-state index in [0.29, 0.717) is 12.4 Å². The minimum atomic E-state index is -0.321. The van der Waals surface area contributed by atoms with Crippen LogP contribution in [-0.4, -0.2) is 31.1 Å². The van der Waals surface area contributed by atoms with Crippen LogP contribution in [0.3, 0.4) is 0 Å². The molecule has 8 nitrogen and oxygen atoms in total. The number of amides is 1. The maximum Gasteiger partial charge on any atom is 0.250 e. The third kappa shape index (κ3) is 3.47. The van der Waals surface area contributed by atoms with Gasteiger partial charge in [0.2, 0.25) is 5.91 Å². The van der Waals surface area contributed by atoms with Gasteiger partial charge in [0.1, 0.15) is 0 Å². The van der Waals surface area contributed by atoms with Crippen molar-refractivity contribution in [3.05, 3.63) is 40.6 Å². The van der Waals surface area contributed by atoms with Crippen LogP contribution in [0.15, 0.2) is 29.2 Å². The summed E-state index contributed by atoms with van der Waals surface area (Å²) >= 11 is 0. The van der Waals surface area contributed by atoms with Crippen LogP contribution in [0.5, 0.6) is 0 Å². The van der Waals surface area contributed by atoms with E-state index in [1.165, 1.54) is 10.6 Å². The van der Waals surface area contributed by atoms with E-state index in [1.807, 2.05) is 0 Å². The van der Waals surface area contributed by atoms with Crippen molar-refractivity contribution in [3.8, 4) is 0 Å². The summed E-state index contributed by atoms with van der Waals surface area (Å²) in [5, 5.41) is 16.0. The third-order valence-corrected chi connectivity index (χ3v) is 2.61. The molecule has 0 spiro atoms. The Labute approximate surface area is 108 Å². The molecular weight excluding hydrogens is 248 g/mol. The number of pyridine rings is 1. The van der Waals surface area contributed by atoms with Crippen LogP contribution in [0.2, 0.25) is 0 Å². The average Bonchev–Trinajstić information content (AvgIpc) is 2.91. The molecule has 0 bridgehead atoms. The highest BCUT2D eigenvalue weighted by atomic mass is 16.2. The summed E-state index contributed by atoms with van der Waals surface area (Å²) in [5.41, 5.74) is -0.124. The second-order valence-electron chi connectivity index (χ2n) is 4.04. The Hall–Kier alpha value is -2.51. The van der Waals surface area contributed by atoms with E-state index in [-0.39, 0.29) is 23.9 Å². The molecule has 8 heteroatoms. The maximum atomic E-state index is 11.7. The Bertz CT molecular complexity index is 591. The maximum absolute atomic E-state index is 11.7. The highest BCUT2D eigenvalue weighted by Gasteiger charge is 2.13. The predicted molar refractivity (Wildman–Crippen MR) is 66.1 cm³/mol. The molecule has 0 aliphatic carbocycles. The number of aryl methyl sites for hydroxylation is 1. The van der Waals surface area contributed by atoms with E-state index in [1.54, 1.807) is 25.3 Å². The quantitative estimate of drug-likeness (QED) is 0.764. The summed E-state index contributed by atoms with van der Waals surface area (Å²) in [6.45, 7) is 2.10. The lowest BCUT2D eigenvalue weighted by atomic mass is 10.3. The highest BCUT2D eigenvalue weighted by Crippen LogP contribution is 2.03. The van der Waals surface area contributed by atoms with E-state index < -0.39 is 0 Å². The lowest BCUT2D eigenvalue weighted by molar-refractivity contribution is -0.122. The van der Waals surface area contributed by atoms with Gasteiger partial charge in [0, 0.05) is 25.2 Å². The van der Waals surface area contributed by atoms with Gasteiger partial charge in [-0.3, -0.25) is 9.59 Å². The Morgan fingerprint density at radius 2 is 2.37 bits per heavy atom. The zero-order valence-corrected chi connectivity index (χ0v) is 10.4. The van der Waals surface area contributed by atoms with E-state index in [0.717, 1.165) is 0 Å². The Balaban J connectivity index is 1.85. The smallest absolute Gasteiger partial charge is 0.250 e. The van der Waals surface area contributed by atoms with E-state index in [9.17, 15) is 9.59 Å². The fraction of sp³-hybridized carbons (Fsp3) is 0.364. The van der Waals surface area contributed by atoms with Crippen molar-refractivity contribution in [1.29, 1.82) is 0 Å². The minimum absolute atomic E-state index is 0.124. The van der Waals surface area contributed by atoms with Crippen molar-refractivity contribution in [1.82, 2.24) is 30.5 Å². The molecule has 0 saturated carbocycles. The normalized spacial score (nSPS) is 12.1. The molecule has 0 saturated heterocycles. The molecule has 2 aromatic rings. The second-order valence-corrected chi connectivity index (χ2v) is 4.04. The lowest BCUT2D eigenvalue weighted by Gasteiger charge is -2.10. The first-order valence-electron chi connectivity index (χ1n) is 5.85. The summed E-state index contributed by atoms with van der Waals surface area (Å²) in [4.78, 5) is 23.2. The molecule has 0 aliphatic rings. The van der Waals surface area contributed by atoms with Gasteiger partial charge in [-0.2, -0.15) is 5.21 Å². The summed E-state index contributed by atoms with van der Waals surface area (Å²) in [7, 11) is 0. The van der Waals surface area contributed by atoms with Crippen molar-refractivity contribution in [2.75, 3.05) is 0 Å². The molecule has 1 amide bonds. The number of carbonyl (C=O) groups is 1. The molecule has 100 valence electrons. The first-order valence-corrected chi connectivity index (χ1v) is 5.85. The number of hydrogen-bond donors (Lipinski definition) is 2. The molecule has 0 fully saturated rings. The molecule has 0 aromatic carbocycles. The van der Waals surface area contributed by atoms with Gasteiger partial charge in [0.15, 0.2) is 5.82 Å². The van der Waals surface area contributed by atoms with Gasteiger partial charge in [-0.1, -0.05) is 11.3 Å². The molecule has 2 heterocycles. The van der Waals surface area contributed by atoms with Crippen LogP contribution in [0.1, 0.15) is 25.2 Å². The Morgan fingerprint density at radius 3 is 3.05 bits per heavy atom. The number of tetrazole rings is 1. The van der Waals surface area contributed by atoms with Crippen molar-refractivity contribution < 1.29 is 4.79 Å². The third-order valence-electron chi connectivity index (χ3n) is 2.61. The van der Waals surface area contributed by atoms with Gasteiger partial charge in [-0.25, -0.2) is 0 Å². The van der Waals surface area contributed by atoms with Crippen LogP contribution in [0, 0.1) is 0 Å². The fourth-order valence-corrected chi connectivity index (χ4v) is 1.60. The fourth-order valence-electron chi connectivity index (χ4n) is 1.60. The first kappa shape index (κ1) is 12.9.